The minimum atomic E-state index is -0.0997. The van der Waals surface area contributed by atoms with Gasteiger partial charge in [-0.2, -0.15) is 4.98 Å². The van der Waals surface area contributed by atoms with Crippen molar-refractivity contribution in [3.05, 3.63) is 69.4 Å². The maximum absolute atomic E-state index is 12.2. The zero-order chi connectivity index (χ0) is 20.6. The molecule has 0 aliphatic carbocycles. The number of anilines is 3. The molecule has 1 aromatic heterocycles. The molecule has 7 nitrogen and oxygen atoms in total. The van der Waals surface area contributed by atoms with Gasteiger partial charge in [-0.15, -0.1) is 0 Å². The zero-order valence-electron chi connectivity index (χ0n) is 16.2. The maximum atomic E-state index is 12.2. The highest BCUT2D eigenvalue weighted by Gasteiger charge is 2.06. The Balaban J connectivity index is 1.53. The van der Waals surface area contributed by atoms with Crippen molar-refractivity contribution in [3.8, 4) is 5.75 Å². The molecule has 8 heteroatoms. The topological polar surface area (TPSA) is 88.2 Å². The van der Waals surface area contributed by atoms with Gasteiger partial charge >= 0.3 is 0 Å². The van der Waals surface area contributed by atoms with Gasteiger partial charge in [-0.1, -0.05) is 6.07 Å². The molecule has 0 saturated carbocycles. The van der Waals surface area contributed by atoms with Crippen molar-refractivity contribution in [2.45, 2.75) is 6.92 Å². The van der Waals surface area contributed by atoms with E-state index in [1.54, 1.807) is 13.2 Å². The van der Waals surface area contributed by atoms with E-state index < -0.39 is 0 Å². The summed E-state index contributed by atoms with van der Waals surface area (Å²) < 4.78 is 6.20. The first-order chi connectivity index (χ1) is 14.0. The number of aromatic nitrogens is 2. The van der Waals surface area contributed by atoms with Crippen LogP contribution in [-0.4, -0.2) is 36.1 Å². The highest BCUT2D eigenvalue weighted by atomic mass is 127. The second kappa shape index (κ2) is 10.1. The van der Waals surface area contributed by atoms with Crippen molar-refractivity contribution < 1.29 is 9.53 Å². The maximum Gasteiger partial charge on any atom is 0.251 e. The lowest BCUT2D eigenvalue weighted by molar-refractivity contribution is 0.0955. The van der Waals surface area contributed by atoms with E-state index in [0.717, 1.165) is 20.7 Å². The Bertz CT molecular complexity index is 979. The summed E-state index contributed by atoms with van der Waals surface area (Å²) in [6, 6.07) is 16.9. The van der Waals surface area contributed by atoms with Gasteiger partial charge in [0.25, 0.3) is 5.91 Å². The predicted molar refractivity (Wildman–Crippen MR) is 123 cm³/mol. The van der Waals surface area contributed by atoms with E-state index in [1.165, 1.54) is 0 Å². The van der Waals surface area contributed by atoms with Gasteiger partial charge in [0.2, 0.25) is 5.95 Å². The minimum Gasteiger partial charge on any atom is -0.497 e. The third-order valence-corrected chi connectivity index (χ3v) is 4.67. The minimum absolute atomic E-state index is 0.0997. The van der Waals surface area contributed by atoms with Gasteiger partial charge in [-0.05, 0) is 72.0 Å². The SMILES string of the molecule is COc1ccc(Nc2cc(C)nc(NCCNC(=O)c3cccc(I)c3)n2)cc1. The van der Waals surface area contributed by atoms with Crippen molar-refractivity contribution >= 4 is 46.0 Å². The molecule has 0 fully saturated rings. The Hall–Kier alpha value is -2.88. The van der Waals surface area contributed by atoms with Crippen molar-refractivity contribution in [1.29, 1.82) is 0 Å². The molecule has 3 N–H and O–H groups in total. The van der Waals surface area contributed by atoms with Crippen LogP contribution in [0, 0.1) is 10.5 Å². The molecule has 0 atom stereocenters. The van der Waals surface area contributed by atoms with Gasteiger partial charge in [0.05, 0.1) is 7.11 Å². The first-order valence-electron chi connectivity index (χ1n) is 9.08. The quantitative estimate of drug-likeness (QED) is 0.319. The summed E-state index contributed by atoms with van der Waals surface area (Å²) >= 11 is 2.19. The van der Waals surface area contributed by atoms with Gasteiger partial charge in [-0.3, -0.25) is 4.79 Å². The average molecular weight is 503 g/mol. The molecule has 29 heavy (non-hydrogen) atoms. The normalized spacial score (nSPS) is 10.3. The molecule has 0 radical (unpaired) electrons. The number of aryl methyl sites for hydroxylation is 1. The molecular formula is C21H22IN5O2. The largest absolute Gasteiger partial charge is 0.497 e. The Kier molecular flexibility index (Phi) is 7.23. The second-order valence-electron chi connectivity index (χ2n) is 6.26. The van der Waals surface area contributed by atoms with Crippen LogP contribution in [0.4, 0.5) is 17.5 Å². The van der Waals surface area contributed by atoms with Crippen LogP contribution < -0.4 is 20.7 Å². The molecule has 0 spiro atoms. The highest BCUT2D eigenvalue weighted by molar-refractivity contribution is 14.1. The summed E-state index contributed by atoms with van der Waals surface area (Å²) in [5, 5.41) is 9.29. The van der Waals surface area contributed by atoms with Crippen LogP contribution in [0.25, 0.3) is 0 Å². The number of halogens is 1. The molecule has 3 rings (SSSR count). The van der Waals surface area contributed by atoms with Crippen LogP contribution in [0.2, 0.25) is 0 Å². The Morgan fingerprint density at radius 3 is 2.59 bits per heavy atom. The number of carbonyl (C=O) groups is 1. The number of benzene rings is 2. The molecule has 0 bridgehead atoms. The molecule has 3 aromatic rings. The molecule has 1 heterocycles. The number of nitrogens with zero attached hydrogens (tertiary/aromatic N) is 2. The van der Waals surface area contributed by atoms with Crippen LogP contribution in [0.1, 0.15) is 16.1 Å². The zero-order valence-corrected chi connectivity index (χ0v) is 18.4. The fraction of sp³-hybridized carbons (Fsp3) is 0.190. The number of amides is 1. The van der Waals surface area contributed by atoms with Crippen molar-refractivity contribution in [2.24, 2.45) is 0 Å². The van der Waals surface area contributed by atoms with Crippen molar-refractivity contribution in [3.63, 3.8) is 0 Å². The number of rotatable bonds is 8. The lowest BCUT2D eigenvalue weighted by Gasteiger charge is -2.11. The monoisotopic (exact) mass is 503 g/mol. The standard InChI is InChI=1S/C21H22IN5O2/c1-14-12-19(26-17-6-8-18(29-2)9-7-17)27-21(25-14)24-11-10-23-20(28)15-4-3-5-16(22)13-15/h3-9,12-13H,10-11H2,1-2H3,(H,23,28)(H2,24,25,26,27). The Morgan fingerprint density at radius 2 is 1.86 bits per heavy atom. The van der Waals surface area contributed by atoms with Crippen LogP contribution in [0.3, 0.4) is 0 Å². The van der Waals surface area contributed by atoms with E-state index in [2.05, 4.69) is 48.5 Å². The first kappa shape index (κ1) is 20.8. The summed E-state index contributed by atoms with van der Waals surface area (Å²) in [5.41, 5.74) is 2.38. The highest BCUT2D eigenvalue weighted by Crippen LogP contribution is 2.19. The first-order valence-corrected chi connectivity index (χ1v) is 10.2. The van der Waals surface area contributed by atoms with E-state index in [-0.39, 0.29) is 5.91 Å². The fourth-order valence-corrected chi connectivity index (χ4v) is 3.16. The van der Waals surface area contributed by atoms with Gasteiger partial charge in [0.15, 0.2) is 0 Å². The lowest BCUT2D eigenvalue weighted by Crippen LogP contribution is -2.29. The number of hydrogen-bond donors (Lipinski definition) is 3. The molecule has 0 saturated heterocycles. The third kappa shape index (κ3) is 6.31. The van der Waals surface area contributed by atoms with Crippen LogP contribution in [-0.2, 0) is 0 Å². The van der Waals surface area contributed by atoms with Crippen LogP contribution in [0.5, 0.6) is 5.75 Å². The number of ether oxygens (including phenoxy) is 1. The number of methoxy groups -OCH3 is 1. The van der Waals surface area contributed by atoms with Gasteiger partial charge in [0.1, 0.15) is 11.6 Å². The molecule has 150 valence electrons. The molecule has 2 aromatic carbocycles. The van der Waals surface area contributed by atoms with E-state index in [0.29, 0.717) is 30.4 Å². The molecule has 0 aliphatic heterocycles. The summed E-state index contributed by atoms with van der Waals surface area (Å²) in [5.74, 6) is 1.89. The Morgan fingerprint density at radius 1 is 1.07 bits per heavy atom. The fourth-order valence-electron chi connectivity index (χ4n) is 2.62. The summed E-state index contributed by atoms with van der Waals surface area (Å²) in [7, 11) is 1.64. The van der Waals surface area contributed by atoms with Gasteiger partial charge in [0, 0.05) is 39.7 Å². The van der Waals surface area contributed by atoms with Gasteiger partial charge in [-0.25, -0.2) is 4.98 Å². The van der Waals surface area contributed by atoms with Crippen LogP contribution >= 0.6 is 22.6 Å². The average Bonchev–Trinajstić information content (AvgIpc) is 2.71. The Labute approximate surface area is 183 Å². The lowest BCUT2D eigenvalue weighted by atomic mass is 10.2. The third-order valence-electron chi connectivity index (χ3n) is 4.00. The van der Waals surface area contributed by atoms with E-state index in [1.807, 2.05) is 55.5 Å². The van der Waals surface area contributed by atoms with Crippen molar-refractivity contribution in [2.75, 3.05) is 30.8 Å². The number of carbonyl (C=O) groups excluding carboxylic acids is 1. The summed E-state index contributed by atoms with van der Waals surface area (Å²) in [6.07, 6.45) is 0. The van der Waals surface area contributed by atoms with Crippen LogP contribution in [0.15, 0.2) is 54.6 Å². The predicted octanol–water partition coefficient (Wildman–Crippen LogP) is 3.98. The summed E-state index contributed by atoms with van der Waals surface area (Å²) in [4.78, 5) is 21.0. The molecule has 0 unspecified atom stereocenters. The molecule has 0 aliphatic rings. The van der Waals surface area contributed by atoms with E-state index >= 15 is 0 Å². The number of nitrogens with one attached hydrogen (secondary N) is 3. The smallest absolute Gasteiger partial charge is 0.251 e. The second-order valence-corrected chi connectivity index (χ2v) is 7.51. The van der Waals surface area contributed by atoms with Gasteiger partial charge < -0.3 is 20.7 Å². The van der Waals surface area contributed by atoms with E-state index in [9.17, 15) is 4.79 Å². The molecule has 1 amide bonds. The molecular weight excluding hydrogens is 481 g/mol. The number of hydrogen-bond acceptors (Lipinski definition) is 6. The van der Waals surface area contributed by atoms with Crippen molar-refractivity contribution in [1.82, 2.24) is 15.3 Å². The summed E-state index contributed by atoms with van der Waals surface area (Å²) in [6.45, 7) is 2.88. The van der Waals surface area contributed by atoms with E-state index in [4.69, 9.17) is 4.74 Å².